The molecule has 0 aliphatic carbocycles. The van der Waals surface area contributed by atoms with Gasteiger partial charge in [0.1, 0.15) is 0 Å². The molecule has 0 rings (SSSR count). The summed E-state index contributed by atoms with van der Waals surface area (Å²) in [6, 6.07) is 0. The highest BCUT2D eigenvalue weighted by atomic mass is 16.2. The zero-order valence-corrected chi connectivity index (χ0v) is 11.8. The van der Waals surface area contributed by atoms with E-state index >= 15 is 0 Å². The number of hydrogen-bond acceptors (Lipinski definition) is 1. The number of nitrogens with zero attached hydrogens (tertiary/aromatic N) is 1. The highest BCUT2D eigenvalue weighted by Gasteiger charge is 2.13. The summed E-state index contributed by atoms with van der Waals surface area (Å²) >= 11 is 0. The topological polar surface area (TPSA) is 20.3 Å². The summed E-state index contributed by atoms with van der Waals surface area (Å²) in [4.78, 5) is 13.8. The molecule has 16 heavy (non-hydrogen) atoms. The van der Waals surface area contributed by atoms with E-state index in [1.165, 1.54) is 19.3 Å². The van der Waals surface area contributed by atoms with Crippen molar-refractivity contribution in [1.29, 1.82) is 0 Å². The van der Waals surface area contributed by atoms with E-state index in [1.807, 2.05) is 18.7 Å². The van der Waals surface area contributed by atoms with Crippen LogP contribution in [0.3, 0.4) is 0 Å². The molecule has 0 fully saturated rings. The van der Waals surface area contributed by atoms with Crippen molar-refractivity contribution in [2.45, 2.75) is 60.3 Å². The first kappa shape index (κ1) is 15.5. The third kappa shape index (κ3) is 6.86. The third-order valence-corrected chi connectivity index (χ3v) is 3.12. The van der Waals surface area contributed by atoms with Crippen LogP contribution in [0.25, 0.3) is 0 Å². The Balaban J connectivity index is 3.77. The molecule has 2 nitrogen and oxygen atoms in total. The molecule has 0 radical (unpaired) electrons. The van der Waals surface area contributed by atoms with Gasteiger partial charge in [0.05, 0.1) is 0 Å². The van der Waals surface area contributed by atoms with Crippen molar-refractivity contribution in [1.82, 2.24) is 4.90 Å². The first-order valence-corrected chi connectivity index (χ1v) is 6.78. The lowest BCUT2D eigenvalue weighted by molar-refractivity contribution is -0.131. The van der Waals surface area contributed by atoms with Gasteiger partial charge in [-0.1, -0.05) is 40.0 Å². The lowest BCUT2D eigenvalue weighted by atomic mass is 9.97. The van der Waals surface area contributed by atoms with Crippen molar-refractivity contribution in [2.24, 2.45) is 11.8 Å². The minimum atomic E-state index is 0.321. The van der Waals surface area contributed by atoms with Gasteiger partial charge in [0.2, 0.25) is 5.91 Å². The van der Waals surface area contributed by atoms with Crippen LogP contribution in [0.5, 0.6) is 0 Å². The van der Waals surface area contributed by atoms with Gasteiger partial charge in [-0.05, 0) is 25.7 Å². The second-order valence-electron chi connectivity index (χ2n) is 5.20. The van der Waals surface area contributed by atoms with Crippen LogP contribution in [0.4, 0.5) is 0 Å². The van der Waals surface area contributed by atoms with E-state index in [-0.39, 0.29) is 0 Å². The van der Waals surface area contributed by atoms with Crippen LogP contribution in [-0.2, 0) is 4.79 Å². The standard InChI is InChI=1S/C14H29NO/c1-6-15(7-2)14(16)11-13(5)10-8-9-12(3)4/h12-13H,6-11H2,1-5H3. The van der Waals surface area contributed by atoms with Crippen molar-refractivity contribution < 1.29 is 4.79 Å². The largest absolute Gasteiger partial charge is 0.343 e. The lowest BCUT2D eigenvalue weighted by Gasteiger charge is -2.21. The Labute approximate surface area is 101 Å². The van der Waals surface area contributed by atoms with Gasteiger partial charge in [0, 0.05) is 19.5 Å². The minimum absolute atomic E-state index is 0.321. The summed E-state index contributed by atoms with van der Waals surface area (Å²) in [5, 5.41) is 0. The summed E-state index contributed by atoms with van der Waals surface area (Å²) in [5.41, 5.74) is 0. The maximum absolute atomic E-state index is 11.8. The van der Waals surface area contributed by atoms with E-state index in [0.29, 0.717) is 11.8 Å². The van der Waals surface area contributed by atoms with Crippen molar-refractivity contribution in [3.8, 4) is 0 Å². The van der Waals surface area contributed by atoms with E-state index in [4.69, 9.17) is 0 Å². The van der Waals surface area contributed by atoms with Gasteiger partial charge in [-0.2, -0.15) is 0 Å². The summed E-state index contributed by atoms with van der Waals surface area (Å²) < 4.78 is 0. The van der Waals surface area contributed by atoms with E-state index in [9.17, 15) is 4.79 Å². The van der Waals surface area contributed by atoms with E-state index in [2.05, 4.69) is 20.8 Å². The molecule has 0 aromatic rings. The van der Waals surface area contributed by atoms with Gasteiger partial charge in [0.15, 0.2) is 0 Å². The fourth-order valence-electron chi connectivity index (χ4n) is 1.98. The average Bonchev–Trinajstić information content (AvgIpc) is 2.18. The summed E-state index contributed by atoms with van der Waals surface area (Å²) in [6.45, 7) is 12.5. The Morgan fingerprint density at radius 3 is 2.06 bits per heavy atom. The summed E-state index contributed by atoms with van der Waals surface area (Å²) in [7, 11) is 0. The number of carbonyl (C=O) groups is 1. The molecule has 0 aliphatic heterocycles. The van der Waals surface area contributed by atoms with Gasteiger partial charge in [0.25, 0.3) is 0 Å². The zero-order valence-electron chi connectivity index (χ0n) is 11.8. The molecule has 0 aliphatic rings. The monoisotopic (exact) mass is 227 g/mol. The van der Waals surface area contributed by atoms with Crippen molar-refractivity contribution in [2.75, 3.05) is 13.1 Å². The normalized spacial score (nSPS) is 12.9. The second-order valence-corrected chi connectivity index (χ2v) is 5.20. The van der Waals surface area contributed by atoms with E-state index in [1.54, 1.807) is 0 Å². The summed E-state index contributed by atoms with van der Waals surface area (Å²) in [5.74, 6) is 1.64. The minimum Gasteiger partial charge on any atom is -0.343 e. The van der Waals surface area contributed by atoms with Crippen LogP contribution in [0.1, 0.15) is 60.3 Å². The first-order valence-electron chi connectivity index (χ1n) is 6.78. The molecule has 1 unspecified atom stereocenters. The molecule has 0 heterocycles. The van der Waals surface area contributed by atoms with Gasteiger partial charge in [-0.15, -0.1) is 0 Å². The molecular weight excluding hydrogens is 198 g/mol. The Morgan fingerprint density at radius 1 is 1.06 bits per heavy atom. The van der Waals surface area contributed by atoms with E-state index in [0.717, 1.165) is 25.4 Å². The molecule has 0 spiro atoms. The molecular formula is C14H29NO. The highest BCUT2D eigenvalue weighted by molar-refractivity contribution is 5.76. The highest BCUT2D eigenvalue weighted by Crippen LogP contribution is 2.16. The van der Waals surface area contributed by atoms with Crippen molar-refractivity contribution >= 4 is 5.91 Å². The molecule has 0 aromatic carbocycles. The number of carbonyl (C=O) groups excluding carboxylic acids is 1. The molecule has 0 bridgehead atoms. The number of hydrogen-bond donors (Lipinski definition) is 0. The maximum atomic E-state index is 11.8. The van der Waals surface area contributed by atoms with Gasteiger partial charge in [-0.3, -0.25) is 4.79 Å². The quantitative estimate of drug-likeness (QED) is 0.619. The van der Waals surface area contributed by atoms with Gasteiger partial charge < -0.3 is 4.90 Å². The zero-order chi connectivity index (χ0) is 12.6. The third-order valence-electron chi connectivity index (χ3n) is 3.12. The molecule has 1 atom stereocenters. The van der Waals surface area contributed by atoms with Crippen molar-refractivity contribution in [3.05, 3.63) is 0 Å². The summed E-state index contributed by atoms with van der Waals surface area (Å²) in [6.07, 6.45) is 4.44. The molecule has 0 saturated heterocycles. The predicted molar refractivity (Wildman–Crippen MR) is 70.4 cm³/mol. The molecule has 96 valence electrons. The van der Waals surface area contributed by atoms with Gasteiger partial charge in [-0.25, -0.2) is 0 Å². The molecule has 0 aromatic heterocycles. The van der Waals surface area contributed by atoms with Crippen LogP contribution in [0.15, 0.2) is 0 Å². The number of rotatable bonds is 8. The van der Waals surface area contributed by atoms with E-state index < -0.39 is 0 Å². The maximum Gasteiger partial charge on any atom is 0.222 e. The SMILES string of the molecule is CCN(CC)C(=O)CC(C)CCCC(C)C. The van der Waals surface area contributed by atoms with Crippen LogP contribution in [-0.4, -0.2) is 23.9 Å². The smallest absolute Gasteiger partial charge is 0.222 e. The first-order chi connectivity index (χ1) is 7.51. The Hall–Kier alpha value is -0.530. The molecule has 0 N–H and O–H groups in total. The molecule has 2 heteroatoms. The van der Waals surface area contributed by atoms with Crippen LogP contribution >= 0.6 is 0 Å². The predicted octanol–water partition coefficient (Wildman–Crippen LogP) is 3.71. The second kappa shape index (κ2) is 8.60. The Bertz CT molecular complexity index is 185. The van der Waals surface area contributed by atoms with Crippen LogP contribution in [0, 0.1) is 11.8 Å². The van der Waals surface area contributed by atoms with Crippen molar-refractivity contribution in [3.63, 3.8) is 0 Å². The van der Waals surface area contributed by atoms with Crippen LogP contribution < -0.4 is 0 Å². The Morgan fingerprint density at radius 2 is 1.62 bits per heavy atom. The molecule has 0 saturated carbocycles. The number of amides is 1. The molecule has 1 amide bonds. The Kier molecular flexibility index (Phi) is 8.32. The van der Waals surface area contributed by atoms with Crippen LogP contribution in [0.2, 0.25) is 0 Å². The fourth-order valence-corrected chi connectivity index (χ4v) is 1.98. The lowest BCUT2D eigenvalue weighted by Crippen LogP contribution is -2.31. The average molecular weight is 227 g/mol. The fraction of sp³-hybridized carbons (Fsp3) is 0.929. The van der Waals surface area contributed by atoms with Gasteiger partial charge >= 0.3 is 0 Å².